The average Bonchev–Trinajstić information content (AvgIpc) is 2.89. The molecule has 2 N–H and O–H groups in total. The molecule has 0 aliphatic carbocycles. The van der Waals surface area contributed by atoms with E-state index in [1.165, 1.54) is 21.3 Å². The van der Waals surface area contributed by atoms with Gasteiger partial charge in [-0.15, -0.1) is 0 Å². The third-order valence-corrected chi connectivity index (χ3v) is 4.35. The van der Waals surface area contributed by atoms with Crippen molar-refractivity contribution in [2.24, 2.45) is 0 Å². The molecule has 132 valence electrons. The lowest BCUT2D eigenvalue weighted by molar-refractivity contribution is 0.101. The number of hydrogen-bond donors (Lipinski definition) is 1. The van der Waals surface area contributed by atoms with Crippen molar-refractivity contribution in [2.45, 2.75) is 6.54 Å². The van der Waals surface area contributed by atoms with Crippen LogP contribution in [0.5, 0.6) is 17.2 Å². The van der Waals surface area contributed by atoms with Gasteiger partial charge in [-0.25, -0.2) is 4.98 Å². The van der Waals surface area contributed by atoms with E-state index in [4.69, 9.17) is 19.9 Å². The molecule has 25 heavy (non-hydrogen) atoms. The monoisotopic (exact) mass is 409 g/mol. The molecule has 1 aliphatic rings. The number of anilines is 2. The number of carbonyl (C=O) groups is 1. The molecule has 3 heterocycles. The van der Waals surface area contributed by atoms with Crippen LogP contribution in [0, 0.1) is 0 Å². The minimum Gasteiger partial charge on any atom is -0.491 e. The normalized spacial score (nSPS) is 13.0. The van der Waals surface area contributed by atoms with E-state index in [1.807, 2.05) is 0 Å². The third-order valence-electron chi connectivity index (χ3n) is 3.77. The van der Waals surface area contributed by atoms with Crippen LogP contribution in [0.4, 0.5) is 11.8 Å². The molecule has 10 heteroatoms. The summed E-state index contributed by atoms with van der Waals surface area (Å²) in [6.07, 6.45) is 1.54. The number of carbonyl (C=O) groups excluding carboxylic acids is 1. The zero-order valence-electron chi connectivity index (χ0n) is 13.9. The van der Waals surface area contributed by atoms with E-state index in [1.54, 1.807) is 11.1 Å². The van der Waals surface area contributed by atoms with Gasteiger partial charge in [0.25, 0.3) is 0 Å². The molecule has 9 nitrogen and oxygen atoms in total. The van der Waals surface area contributed by atoms with Gasteiger partial charge in [-0.2, -0.15) is 4.98 Å². The molecule has 2 aromatic rings. The van der Waals surface area contributed by atoms with Crippen molar-refractivity contribution in [1.82, 2.24) is 15.0 Å². The first kappa shape index (κ1) is 17.2. The zero-order valence-corrected chi connectivity index (χ0v) is 15.5. The Morgan fingerprint density at radius 2 is 1.92 bits per heavy atom. The Morgan fingerprint density at radius 3 is 2.56 bits per heavy atom. The number of halogens is 1. The Hall–Kier alpha value is -2.62. The van der Waals surface area contributed by atoms with Crippen LogP contribution in [0.25, 0.3) is 0 Å². The highest BCUT2D eigenvalue weighted by atomic mass is 79.9. The summed E-state index contributed by atoms with van der Waals surface area (Å²) in [5.74, 6) is 1.77. The third kappa shape index (κ3) is 2.93. The molecule has 2 aromatic heterocycles. The van der Waals surface area contributed by atoms with Crippen molar-refractivity contribution in [1.29, 1.82) is 0 Å². The molecular weight excluding hydrogens is 394 g/mol. The van der Waals surface area contributed by atoms with Gasteiger partial charge >= 0.3 is 0 Å². The van der Waals surface area contributed by atoms with Gasteiger partial charge < -0.3 is 24.8 Å². The van der Waals surface area contributed by atoms with Gasteiger partial charge in [0, 0.05) is 0 Å². The maximum absolute atomic E-state index is 12.3. The van der Waals surface area contributed by atoms with E-state index in [0.29, 0.717) is 38.9 Å². The molecule has 1 aliphatic heterocycles. The summed E-state index contributed by atoms with van der Waals surface area (Å²) in [5.41, 5.74) is 6.69. The standard InChI is InChI=1S/C15H16BrN5O4/c1-23-9-4-18-7(11(24-2)12(9)25-3)5-21-6-8(22)10-13(16)19-15(17)20-14(10)21/h4H,5-6H2,1-3H3,(H2,17,19,20). The minimum atomic E-state index is -0.0960. The number of Topliss-reactive ketones (excluding diaryl/α,β-unsaturated/α-hetero) is 1. The van der Waals surface area contributed by atoms with E-state index in [9.17, 15) is 4.79 Å². The van der Waals surface area contributed by atoms with Crippen LogP contribution in [-0.4, -0.2) is 48.6 Å². The number of rotatable bonds is 5. The number of fused-ring (bicyclic) bond motifs is 1. The lowest BCUT2D eigenvalue weighted by atomic mass is 10.2. The number of hydrogen-bond acceptors (Lipinski definition) is 9. The predicted molar refractivity (Wildman–Crippen MR) is 93.4 cm³/mol. The Morgan fingerprint density at radius 1 is 1.20 bits per heavy atom. The summed E-state index contributed by atoms with van der Waals surface area (Å²) in [7, 11) is 4.55. The molecule has 0 saturated carbocycles. The summed E-state index contributed by atoms with van der Waals surface area (Å²) in [6.45, 7) is 0.427. The average molecular weight is 410 g/mol. The quantitative estimate of drug-likeness (QED) is 0.732. The molecule has 0 unspecified atom stereocenters. The molecule has 0 bridgehead atoms. The van der Waals surface area contributed by atoms with Gasteiger partial charge in [-0.05, 0) is 15.9 Å². The van der Waals surface area contributed by atoms with Gasteiger partial charge in [-0.1, -0.05) is 0 Å². The van der Waals surface area contributed by atoms with Gasteiger partial charge in [0.05, 0.1) is 46.2 Å². The number of pyridine rings is 1. The highest BCUT2D eigenvalue weighted by Gasteiger charge is 2.33. The van der Waals surface area contributed by atoms with Crippen molar-refractivity contribution in [3.05, 3.63) is 22.1 Å². The first-order chi connectivity index (χ1) is 12.0. The summed E-state index contributed by atoms with van der Waals surface area (Å²) in [5, 5.41) is 0. The summed E-state index contributed by atoms with van der Waals surface area (Å²) >= 11 is 3.27. The van der Waals surface area contributed by atoms with Gasteiger partial charge in [0.1, 0.15) is 16.1 Å². The summed E-state index contributed by atoms with van der Waals surface area (Å²) < 4.78 is 16.4. The Bertz CT molecular complexity index is 845. The Kier molecular flexibility index (Phi) is 4.62. The molecular formula is C15H16BrN5O4. The van der Waals surface area contributed by atoms with Crippen LogP contribution in [-0.2, 0) is 6.54 Å². The molecule has 0 atom stereocenters. The SMILES string of the molecule is COc1cnc(CN2CC(=O)c3c(Br)nc(N)nc32)c(OC)c1OC. The second-order valence-corrected chi connectivity index (χ2v) is 5.94. The van der Waals surface area contributed by atoms with Crippen LogP contribution >= 0.6 is 15.9 Å². The van der Waals surface area contributed by atoms with Crippen molar-refractivity contribution in [2.75, 3.05) is 38.5 Å². The fraction of sp³-hybridized carbons (Fsp3) is 0.333. The van der Waals surface area contributed by atoms with E-state index in [0.717, 1.165) is 0 Å². The van der Waals surface area contributed by atoms with Crippen LogP contribution in [0.15, 0.2) is 10.8 Å². The van der Waals surface area contributed by atoms with Gasteiger partial charge in [-0.3, -0.25) is 9.78 Å². The summed E-state index contributed by atoms with van der Waals surface area (Å²) in [6, 6.07) is 0. The molecule has 0 aromatic carbocycles. The Labute approximate surface area is 152 Å². The largest absolute Gasteiger partial charge is 0.491 e. The van der Waals surface area contributed by atoms with Crippen molar-refractivity contribution in [3.63, 3.8) is 0 Å². The Balaban J connectivity index is 2.02. The second-order valence-electron chi connectivity index (χ2n) is 5.19. The fourth-order valence-corrected chi connectivity index (χ4v) is 3.28. The number of nitrogens with two attached hydrogens (primary N) is 1. The lowest BCUT2D eigenvalue weighted by Crippen LogP contribution is -2.23. The van der Waals surface area contributed by atoms with E-state index >= 15 is 0 Å². The van der Waals surface area contributed by atoms with E-state index in [2.05, 4.69) is 30.9 Å². The topological polar surface area (TPSA) is 113 Å². The number of ketones is 1. The molecule has 0 spiro atoms. The summed E-state index contributed by atoms with van der Waals surface area (Å²) in [4.78, 5) is 26.6. The number of nitrogen functional groups attached to an aromatic ring is 1. The van der Waals surface area contributed by atoms with Crippen LogP contribution in [0.1, 0.15) is 16.1 Å². The first-order valence-corrected chi connectivity index (χ1v) is 8.04. The number of nitrogens with zero attached hydrogens (tertiary/aromatic N) is 4. The zero-order chi connectivity index (χ0) is 18.1. The maximum Gasteiger partial charge on any atom is 0.223 e. The molecule has 0 saturated heterocycles. The molecule has 3 rings (SSSR count). The predicted octanol–water partition coefficient (Wildman–Crippen LogP) is 1.45. The fourth-order valence-electron chi connectivity index (χ4n) is 2.70. The van der Waals surface area contributed by atoms with Crippen molar-refractivity contribution in [3.8, 4) is 17.2 Å². The van der Waals surface area contributed by atoms with Gasteiger partial charge in [0.15, 0.2) is 17.3 Å². The number of aromatic nitrogens is 3. The molecule has 0 amide bonds. The van der Waals surface area contributed by atoms with Crippen molar-refractivity contribution >= 4 is 33.5 Å². The lowest BCUT2D eigenvalue weighted by Gasteiger charge is -2.20. The van der Waals surface area contributed by atoms with E-state index in [-0.39, 0.29) is 24.8 Å². The van der Waals surface area contributed by atoms with Crippen LogP contribution in [0.3, 0.4) is 0 Å². The highest BCUT2D eigenvalue weighted by molar-refractivity contribution is 9.10. The van der Waals surface area contributed by atoms with Gasteiger partial charge in [0.2, 0.25) is 11.7 Å². The number of ether oxygens (including phenoxy) is 3. The van der Waals surface area contributed by atoms with E-state index < -0.39 is 0 Å². The van der Waals surface area contributed by atoms with Crippen molar-refractivity contribution < 1.29 is 19.0 Å². The highest BCUT2D eigenvalue weighted by Crippen LogP contribution is 2.40. The van der Waals surface area contributed by atoms with Crippen LogP contribution in [0.2, 0.25) is 0 Å². The maximum atomic E-state index is 12.3. The second kappa shape index (κ2) is 6.71. The number of methoxy groups -OCH3 is 3. The smallest absolute Gasteiger partial charge is 0.223 e. The molecule has 0 fully saturated rings. The first-order valence-electron chi connectivity index (χ1n) is 7.25. The van der Waals surface area contributed by atoms with Crippen LogP contribution < -0.4 is 24.8 Å². The molecule has 0 radical (unpaired) electrons. The minimum absolute atomic E-state index is 0.0811.